The van der Waals surface area contributed by atoms with E-state index in [1.165, 1.54) is 0 Å². The van der Waals surface area contributed by atoms with Crippen molar-refractivity contribution >= 4 is 27.3 Å². The molecule has 0 aliphatic rings. The van der Waals surface area contributed by atoms with Gasteiger partial charge in [0.1, 0.15) is 10.7 Å². The molecule has 2 unspecified atom stereocenters. The van der Waals surface area contributed by atoms with Crippen molar-refractivity contribution in [3.8, 4) is 0 Å². The monoisotopic (exact) mass is 322 g/mol. The van der Waals surface area contributed by atoms with Gasteiger partial charge in [0.05, 0.1) is 10.7 Å². The standard InChI is InChI=1S/C13H20ClFN2O2S/c1-4-8(2)5-9(3)17-20(18,19)13-7-12(16)11(15)6-10(13)14/h6-9,17H,4-5,16H2,1-3H3. The van der Waals surface area contributed by atoms with Gasteiger partial charge in [0.2, 0.25) is 10.0 Å². The van der Waals surface area contributed by atoms with E-state index < -0.39 is 15.8 Å². The topological polar surface area (TPSA) is 72.2 Å². The van der Waals surface area contributed by atoms with Gasteiger partial charge in [-0.1, -0.05) is 31.9 Å². The predicted octanol–water partition coefficient (Wildman–Crippen LogP) is 3.16. The highest BCUT2D eigenvalue weighted by Gasteiger charge is 2.22. The van der Waals surface area contributed by atoms with Crippen LogP contribution in [-0.4, -0.2) is 14.5 Å². The van der Waals surface area contributed by atoms with E-state index in [-0.39, 0.29) is 21.6 Å². The average molecular weight is 323 g/mol. The van der Waals surface area contributed by atoms with E-state index in [1.807, 2.05) is 13.8 Å². The molecule has 1 rings (SSSR count). The van der Waals surface area contributed by atoms with Crippen LogP contribution in [0.15, 0.2) is 17.0 Å². The molecule has 114 valence electrons. The summed E-state index contributed by atoms with van der Waals surface area (Å²) in [4.78, 5) is -0.200. The molecular formula is C13H20ClFN2O2S. The fourth-order valence-corrected chi connectivity index (χ4v) is 3.70. The third kappa shape index (κ3) is 4.33. The Balaban J connectivity index is 2.97. The molecule has 0 saturated heterocycles. The summed E-state index contributed by atoms with van der Waals surface area (Å²) >= 11 is 5.79. The number of nitrogens with two attached hydrogens (primary N) is 1. The second-order valence-electron chi connectivity index (χ2n) is 5.08. The van der Waals surface area contributed by atoms with Crippen molar-refractivity contribution < 1.29 is 12.8 Å². The van der Waals surface area contributed by atoms with Crippen LogP contribution in [0.2, 0.25) is 5.02 Å². The van der Waals surface area contributed by atoms with Gasteiger partial charge in [-0.25, -0.2) is 17.5 Å². The Bertz CT molecular complexity index is 578. The lowest BCUT2D eigenvalue weighted by Gasteiger charge is -2.18. The summed E-state index contributed by atoms with van der Waals surface area (Å²) < 4.78 is 40.2. The molecule has 0 aromatic heterocycles. The second-order valence-corrected chi connectivity index (χ2v) is 7.17. The van der Waals surface area contributed by atoms with Gasteiger partial charge in [-0.15, -0.1) is 0 Å². The maximum atomic E-state index is 13.2. The molecule has 2 atom stereocenters. The van der Waals surface area contributed by atoms with Crippen molar-refractivity contribution in [2.45, 2.75) is 44.6 Å². The molecule has 0 spiro atoms. The summed E-state index contributed by atoms with van der Waals surface area (Å²) in [5.41, 5.74) is 5.15. The number of nitrogens with one attached hydrogen (secondary N) is 1. The summed E-state index contributed by atoms with van der Waals surface area (Å²) in [7, 11) is -3.81. The number of hydrogen-bond acceptors (Lipinski definition) is 3. The number of sulfonamides is 1. The van der Waals surface area contributed by atoms with Gasteiger partial charge in [-0.3, -0.25) is 0 Å². The van der Waals surface area contributed by atoms with Gasteiger partial charge in [0.15, 0.2) is 0 Å². The van der Waals surface area contributed by atoms with Gasteiger partial charge in [-0.2, -0.15) is 0 Å². The Morgan fingerprint density at radius 1 is 1.40 bits per heavy atom. The van der Waals surface area contributed by atoms with E-state index in [2.05, 4.69) is 4.72 Å². The van der Waals surface area contributed by atoms with Crippen molar-refractivity contribution in [1.29, 1.82) is 0 Å². The first-order valence-electron chi connectivity index (χ1n) is 6.44. The van der Waals surface area contributed by atoms with Crippen LogP contribution in [0.25, 0.3) is 0 Å². The summed E-state index contributed by atoms with van der Waals surface area (Å²) in [6.07, 6.45) is 1.68. The Labute approximate surface area is 124 Å². The predicted molar refractivity (Wildman–Crippen MR) is 79.7 cm³/mol. The zero-order chi connectivity index (χ0) is 15.5. The van der Waals surface area contributed by atoms with E-state index in [0.29, 0.717) is 12.3 Å². The molecule has 3 N–H and O–H groups in total. The molecule has 0 radical (unpaired) electrons. The number of halogens is 2. The van der Waals surface area contributed by atoms with Gasteiger partial charge < -0.3 is 5.73 Å². The van der Waals surface area contributed by atoms with E-state index in [0.717, 1.165) is 18.6 Å². The fourth-order valence-electron chi connectivity index (χ4n) is 1.90. The minimum atomic E-state index is -3.81. The smallest absolute Gasteiger partial charge is 0.242 e. The number of anilines is 1. The van der Waals surface area contributed by atoms with E-state index in [4.69, 9.17) is 17.3 Å². The molecule has 7 heteroatoms. The van der Waals surface area contributed by atoms with Crippen molar-refractivity contribution in [2.24, 2.45) is 5.92 Å². The number of rotatable bonds is 6. The molecule has 1 aromatic carbocycles. The summed E-state index contributed by atoms with van der Waals surface area (Å²) in [5, 5.41) is -0.181. The molecule has 1 aromatic rings. The molecule has 0 aliphatic heterocycles. The number of hydrogen-bond donors (Lipinski definition) is 2. The lowest BCUT2D eigenvalue weighted by atomic mass is 10.0. The summed E-state index contributed by atoms with van der Waals surface area (Å²) in [6.45, 7) is 5.88. The zero-order valence-corrected chi connectivity index (χ0v) is 13.4. The van der Waals surface area contributed by atoms with Crippen LogP contribution in [0.4, 0.5) is 10.1 Å². The highest BCUT2D eigenvalue weighted by molar-refractivity contribution is 7.89. The van der Waals surface area contributed by atoms with Gasteiger partial charge in [-0.05, 0) is 31.4 Å². The molecule has 0 heterocycles. The molecule has 0 amide bonds. The first kappa shape index (κ1) is 17.2. The van der Waals surface area contributed by atoms with Crippen molar-refractivity contribution in [3.63, 3.8) is 0 Å². The molecule has 0 saturated carbocycles. The Hall–Kier alpha value is -0.850. The van der Waals surface area contributed by atoms with Crippen LogP contribution in [0.1, 0.15) is 33.6 Å². The summed E-state index contributed by atoms with van der Waals surface area (Å²) in [6, 6.07) is 1.71. The highest BCUT2D eigenvalue weighted by Crippen LogP contribution is 2.26. The van der Waals surface area contributed by atoms with Crippen molar-refractivity contribution in [1.82, 2.24) is 4.72 Å². The van der Waals surface area contributed by atoms with E-state index in [1.54, 1.807) is 6.92 Å². The molecule has 0 fully saturated rings. The normalized spacial score (nSPS) is 15.1. The molecule has 4 nitrogen and oxygen atoms in total. The third-order valence-corrected chi connectivity index (χ3v) is 5.20. The number of benzene rings is 1. The van der Waals surface area contributed by atoms with Crippen LogP contribution >= 0.6 is 11.6 Å². The van der Waals surface area contributed by atoms with Crippen LogP contribution in [0, 0.1) is 11.7 Å². The van der Waals surface area contributed by atoms with Gasteiger partial charge in [0.25, 0.3) is 0 Å². The minimum Gasteiger partial charge on any atom is -0.396 e. The third-order valence-electron chi connectivity index (χ3n) is 3.15. The Kier molecular flexibility index (Phi) is 5.79. The van der Waals surface area contributed by atoms with Gasteiger partial charge in [0, 0.05) is 6.04 Å². The maximum absolute atomic E-state index is 13.2. The van der Waals surface area contributed by atoms with Crippen LogP contribution in [0.5, 0.6) is 0 Å². The van der Waals surface area contributed by atoms with Crippen molar-refractivity contribution in [2.75, 3.05) is 5.73 Å². The average Bonchev–Trinajstić information content (AvgIpc) is 2.32. The Morgan fingerprint density at radius 3 is 2.55 bits per heavy atom. The van der Waals surface area contributed by atoms with Crippen LogP contribution in [0.3, 0.4) is 0 Å². The lowest BCUT2D eigenvalue weighted by molar-refractivity contribution is 0.445. The van der Waals surface area contributed by atoms with E-state index >= 15 is 0 Å². The largest absolute Gasteiger partial charge is 0.396 e. The summed E-state index contributed by atoms with van der Waals surface area (Å²) in [5.74, 6) is -0.330. The Morgan fingerprint density at radius 2 is 2.00 bits per heavy atom. The molecule has 0 bridgehead atoms. The van der Waals surface area contributed by atoms with Crippen LogP contribution in [-0.2, 0) is 10.0 Å². The molecule has 0 aliphatic carbocycles. The zero-order valence-electron chi connectivity index (χ0n) is 11.8. The number of nitrogen functional groups attached to an aromatic ring is 1. The van der Waals surface area contributed by atoms with Crippen molar-refractivity contribution in [3.05, 3.63) is 23.0 Å². The second kappa shape index (κ2) is 6.74. The molecule has 20 heavy (non-hydrogen) atoms. The SMILES string of the molecule is CCC(C)CC(C)NS(=O)(=O)c1cc(N)c(F)cc1Cl. The van der Waals surface area contributed by atoms with E-state index in [9.17, 15) is 12.8 Å². The maximum Gasteiger partial charge on any atom is 0.242 e. The lowest BCUT2D eigenvalue weighted by Crippen LogP contribution is -2.34. The highest BCUT2D eigenvalue weighted by atomic mass is 35.5. The first-order chi connectivity index (χ1) is 9.17. The first-order valence-corrected chi connectivity index (χ1v) is 8.30. The van der Waals surface area contributed by atoms with Crippen LogP contribution < -0.4 is 10.5 Å². The quantitative estimate of drug-likeness (QED) is 0.790. The fraction of sp³-hybridized carbons (Fsp3) is 0.538. The minimum absolute atomic E-state index is 0.181. The van der Waals surface area contributed by atoms with Gasteiger partial charge >= 0.3 is 0 Å². The molecular weight excluding hydrogens is 303 g/mol.